The van der Waals surface area contributed by atoms with Gasteiger partial charge in [-0.15, -0.1) is 0 Å². The number of nitrogens with zero attached hydrogens (tertiary/aromatic N) is 10. The number of para-hydroxylation sites is 4. The van der Waals surface area contributed by atoms with Crippen LogP contribution in [0.25, 0.3) is 124 Å². The third-order valence-electron chi connectivity index (χ3n) is 13.5. The minimum absolute atomic E-state index is 0.353. The third-order valence-corrected chi connectivity index (χ3v) is 14.3. The molecule has 0 saturated carbocycles. The van der Waals surface area contributed by atoms with Crippen molar-refractivity contribution in [3.8, 4) is 102 Å². The van der Waals surface area contributed by atoms with E-state index in [1.807, 2.05) is 237 Å². The highest BCUT2D eigenvalue weighted by atomic mass is 35.5. The smallest absolute Gasteiger partial charge is 0.423 e. The highest BCUT2D eigenvalue weighted by Crippen LogP contribution is 2.36. The molecule has 4 heterocycles. The lowest BCUT2D eigenvalue weighted by atomic mass is 9.81. The average molecular weight is 1180 g/mol. The third kappa shape index (κ3) is 13.2. The first-order chi connectivity index (χ1) is 42.1. The summed E-state index contributed by atoms with van der Waals surface area (Å²) in [7, 11) is -1.43. The number of hydrogen-bond acceptors (Lipinski definition) is 12. The first-order valence-electron chi connectivity index (χ1n) is 27.2. The molecule has 2 N–H and O–H groups in total. The van der Waals surface area contributed by atoms with Crippen LogP contribution in [-0.2, 0) is 0 Å². The van der Waals surface area contributed by atoms with Crippen LogP contribution in [0.5, 0.6) is 0 Å². The van der Waals surface area contributed by atoms with Crippen molar-refractivity contribution < 1.29 is 10.0 Å². The molecule has 4 aromatic heterocycles. The molecule has 14 aromatic rings. The van der Waals surface area contributed by atoms with E-state index in [2.05, 4.69) is 11.1 Å². The van der Waals surface area contributed by atoms with E-state index in [-0.39, 0.29) is 0 Å². The molecule has 0 radical (unpaired) electrons. The second-order valence-electron chi connectivity index (χ2n) is 19.4. The van der Waals surface area contributed by atoms with Gasteiger partial charge >= 0.3 is 7.12 Å². The summed E-state index contributed by atoms with van der Waals surface area (Å²) in [5.41, 5.74) is 13.8. The molecule has 0 amide bonds. The van der Waals surface area contributed by atoms with E-state index in [4.69, 9.17) is 89.7 Å². The Kier molecular flexibility index (Phi) is 17.1. The summed E-state index contributed by atoms with van der Waals surface area (Å²) in [6.45, 7) is 0. The van der Waals surface area contributed by atoms with E-state index in [1.54, 1.807) is 18.2 Å². The van der Waals surface area contributed by atoms with E-state index in [0.29, 0.717) is 61.3 Å². The summed E-state index contributed by atoms with van der Waals surface area (Å²) in [6, 6.07) is 85.4. The lowest BCUT2D eigenvalue weighted by Gasteiger charge is -2.12. The molecule has 0 spiro atoms. The average Bonchev–Trinajstić information content (AvgIpc) is 2.05. The Bertz CT molecular complexity index is 4580. The SMILES string of the molecule is Clc1cccc(-c2nc3ccccc3nc2-c2cccc(-c3nc(-c4ccccc4)nc(-c4ccccc4)n3)c2)c1.Clc1nc2ccccc2nc1-c1cccc(-c2nc(-c3ccccc3)nc(-c3ccccc3)n2)c1.OB(O)c1cccc(Cl)c1. The number of rotatable bonds is 10. The van der Waals surface area contributed by atoms with Crippen LogP contribution in [0.4, 0.5) is 0 Å². The largest absolute Gasteiger partial charge is 0.488 e. The van der Waals surface area contributed by atoms with Gasteiger partial charge in [-0.05, 0) is 66.1 Å². The summed E-state index contributed by atoms with van der Waals surface area (Å²) in [6.07, 6.45) is 0. The van der Waals surface area contributed by atoms with Crippen molar-refractivity contribution in [3.05, 3.63) is 282 Å². The minimum atomic E-state index is -1.43. The normalized spacial score (nSPS) is 10.8. The maximum absolute atomic E-state index is 8.65. The van der Waals surface area contributed by atoms with Gasteiger partial charge in [0.25, 0.3) is 0 Å². The second-order valence-corrected chi connectivity index (χ2v) is 20.7. The van der Waals surface area contributed by atoms with Crippen LogP contribution in [0.3, 0.4) is 0 Å². The van der Waals surface area contributed by atoms with Crippen LogP contribution in [0.15, 0.2) is 267 Å². The number of benzene rings is 10. The molecule has 86 heavy (non-hydrogen) atoms. The lowest BCUT2D eigenvalue weighted by Crippen LogP contribution is -2.29. The fraction of sp³-hybridized carbons (Fsp3) is 0. The molecule has 0 atom stereocenters. The summed E-state index contributed by atoms with van der Waals surface area (Å²) < 4.78 is 0. The molecule has 16 heteroatoms. The van der Waals surface area contributed by atoms with Crippen molar-refractivity contribution >= 4 is 69.5 Å². The van der Waals surface area contributed by atoms with Gasteiger partial charge in [0.15, 0.2) is 40.1 Å². The van der Waals surface area contributed by atoms with E-state index in [1.165, 1.54) is 6.07 Å². The molecule has 0 bridgehead atoms. The Balaban J connectivity index is 0.000000146. The van der Waals surface area contributed by atoms with E-state index < -0.39 is 7.12 Å². The van der Waals surface area contributed by atoms with Gasteiger partial charge in [-0.2, -0.15) is 0 Å². The standard InChI is InChI=1S/C35H22ClN5.C29H18ClN5.C6H6BClO2/c36-28-18-10-16-26(22-28)32-31(37-29-19-7-8-20-30(29)38-32)25-15-9-17-27(21-25)35-40-33(23-11-3-1-4-12-23)39-34(41-35)24-13-5-2-6-14-24;30-26-25(31-23-16-7-8-17-24(23)32-26)21-14-9-15-22(18-21)29-34-27(19-10-3-1-4-11-19)33-28(35-29)20-12-5-2-6-13-20;8-6-3-1-2-5(4-6)7(9)10/h1-22H;1-18H;1-4,9-10H. The first kappa shape index (κ1) is 56.2. The highest BCUT2D eigenvalue weighted by Gasteiger charge is 2.19. The molecule has 0 aliphatic rings. The monoisotopic (exact) mass is 1170 g/mol. The Morgan fingerprint density at radius 3 is 0.872 bits per heavy atom. The van der Waals surface area contributed by atoms with Crippen molar-refractivity contribution in [1.29, 1.82) is 0 Å². The fourth-order valence-electron chi connectivity index (χ4n) is 9.35. The Hall–Kier alpha value is -10.2. The van der Waals surface area contributed by atoms with Crippen molar-refractivity contribution in [3.63, 3.8) is 0 Å². The Labute approximate surface area is 510 Å². The number of hydrogen-bond donors (Lipinski definition) is 2. The molecule has 14 rings (SSSR count). The summed E-state index contributed by atoms with van der Waals surface area (Å²) >= 11 is 18.5. The van der Waals surface area contributed by atoms with E-state index in [9.17, 15) is 0 Å². The van der Waals surface area contributed by atoms with Crippen LogP contribution in [-0.4, -0.2) is 67.0 Å². The zero-order valence-electron chi connectivity index (χ0n) is 45.5. The maximum Gasteiger partial charge on any atom is 0.488 e. The lowest BCUT2D eigenvalue weighted by molar-refractivity contribution is 0.426. The van der Waals surface area contributed by atoms with Crippen molar-refractivity contribution in [2.75, 3.05) is 0 Å². The Morgan fingerprint density at radius 2 is 0.512 bits per heavy atom. The quantitative estimate of drug-likeness (QED) is 0.124. The van der Waals surface area contributed by atoms with Gasteiger partial charge in [-0.25, -0.2) is 49.8 Å². The number of fused-ring (bicyclic) bond motifs is 2. The second kappa shape index (κ2) is 26.1. The predicted molar refractivity (Wildman–Crippen MR) is 346 cm³/mol. The summed E-state index contributed by atoms with van der Waals surface area (Å²) in [5, 5.41) is 18.8. The number of halogens is 3. The summed E-state index contributed by atoms with van der Waals surface area (Å²) in [5.74, 6) is 3.61. The van der Waals surface area contributed by atoms with Crippen molar-refractivity contribution in [2.24, 2.45) is 0 Å². The molecule has 12 nitrogen and oxygen atoms in total. The van der Waals surface area contributed by atoms with Crippen molar-refractivity contribution in [1.82, 2.24) is 49.8 Å². The molecule has 0 fully saturated rings. The van der Waals surface area contributed by atoms with E-state index >= 15 is 0 Å². The maximum atomic E-state index is 8.65. The van der Waals surface area contributed by atoms with Crippen LogP contribution in [0, 0.1) is 0 Å². The molecule has 0 aliphatic heterocycles. The Morgan fingerprint density at radius 1 is 0.233 bits per heavy atom. The van der Waals surface area contributed by atoms with Crippen molar-refractivity contribution in [2.45, 2.75) is 0 Å². The van der Waals surface area contributed by atoms with Gasteiger partial charge in [0.2, 0.25) is 0 Å². The summed E-state index contributed by atoms with van der Waals surface area (Å²) in [4.78, 5) is 48.4. The van der Waals surface area contributed by atoms with Gasteiger partial charge in [-0.3, -0.25) is 0 Å². The van der Waals surface area contributed by atoms with Crippen LogP contribution in [0.2, 0.25) is 15.2 Å². The molecule has 0 saturated heterocycles. The van der Waals surface area contributed by atoms with Crippen LogP contribution < -0.4 is 5.46 Å². The zero-order valence-corrected chi connectivity index (χ0v) is 47.7. The van der Waals surface area contributed by atoms with Gasteiger partial charge < -0.3 is 10.0 Å². The van der Waals surface area contributed by atoms with Gasteiger partial charge in [0.1, 0.15) is 5.69 Å². The molecule has 412 valence electrons. The molecule has 0 unspecified atom stereocenters. The minimum Gasteiger partial charge on any atom is -0.423 e. The van der Waals surface area contributed by atoms with Gasteiger partial charge in [-0.1, -0.05) is 241 Å². The number of aromatic nitrogens is 10. The molecule has 10 aromatic carbocycles. The zero-order chi connectivity index (χ0) is 58.8. The fourth-order valence-corrected chi connectivity index (χ4v) is 9.99. The van der Waals surface area contributed by atoms with Crippen LogP contribution >= 0.6 is 34.8 Å². The van der Waals surface area contributed by atoms with Gasteiger partial charge in [0.05, 0.1) is 33.5 Å². The predicted octanol–water partition coefficient (Wildman–Crippen LogP) is 16.0. The first-order valence-corrected chi connectivity index (χ1v) is 28.3. The molecular formula is C70H46BCl3N10O2. The topological polar surface area (TPSA) is 169 Å². The van der Waals surface area contributed by atoms with Crippen LogP contribution in [0.1, 0.15) is 0 Å². The molecule has 0 aliphatic carbocycles. The van der Waals surface area contributed by atoms with Gasteiger partial charge in [0, 0.05) is 60.1 Å². The van der Waals surface area contributed by atoms with E-state index in [0.717, 1.165) is 83.5 Å². The highest BCUT2D eigenvalue weighted by molar-refractivity contribution is 6.59. The molecular weight excluding hydrogens is 1130 g/mol.